The number of rotatable bonds is 5. The first kappa shape index (κ1) is 16.3. The summed E-state index contributed by atoms with van der Waals surface area (Å²) < 4.78 is 5.32. The molecule has 4 heteroatoms. The van der Waals surface area contributed by atoms with E-state index < -0.39 is 0 Å². The van der Waals surface area contributed by atoms with Crippen LogP contribution >= 0.6 is 0 Å². The molecule has 2 aliphatic heterocycles. The highest BCUT2D eigenvalue weighted by molar-refractivity contribution is 5.79. The average molecular weight is 316 g/mol. The molecule has 2 aliphatic rings. The second-order valence-corrected chi connectivity index (χ2v) is 6.79. The Hall–Kier alpha value is -1.55. The van der Waals surface area contributed by atoms with E-state index in [1.54, 1.807) is 7.11 Å². The molecule has 0 spiro atoms. The maximum Gasteiger partial charge on any atom is 0.224 e. The van der Waals surface area contributed by atoms with Crippen LogP contribution in [0.25, 0.3) is 0 Å². The number of ether oxygens (including phenoxy) is 1. The zero-order chi connectivity index (χ0) is 16.1. The van der Waals surface area contributed by atoms with Crippen LogP contribution in [-0.2, 0) is 11.2 Å². The average Bonchev–Trinajstić information content (AvgIpc) is 2.60. The molecular formula is C19H28N2O2. The first-order chi connectivity index (χ1) is 11.3. The van der Waals surface area contributed by atoms with Gasteiger partial charge in [-0.15, -0.1) is 0 Å². The highest BCUT2D eigenvalue weighted by Crippen LogP contribution is 2.30. The number of hydrogen-bond acceptors (Lipinski definition) is 3. The van der Waals surface area contributed by atoms with Gasteiger partial charge in [0.25, 0.3) is 0 Å². The van der Waals surface area contributed by atoms with Crippen LogP contribution in [0.15, 0.2) is 24.3 Å². The maximum absolute atomic E-state index is 12.3. The van der Waals surface area contributed by atoms with Gasteiger partial charge in [-0.05, 0) is 50.8 Å². The van der Waals surface area contributed by atoms with Gasteiger partial charge < -0.3 is 15.0 Å². The summed E-state index contributed by atoms with van der Waals surface area (Å²) in [5, 5.41) is 3.16. The Morgan fingerprint density at radius 2 is 2.04 bits per heavy atom. The van der Waals surface area contributed by atoms with E-state index in [0.717, 1.165) is 17.9 Å². The lowest BCUT2D eigenvalue weighted by atomic mass is 9.83. The van der Waals surface area contributed by atoms with Crippen molar-refractivity contribution < 1.29 is 9.53 Å². The Morgan fingerprint density at radius 1 is 1.22 bits per heavy atom. The van der Waals surface area contributed by atoms with E-state index >= 15 is 0 Å². The number of hydrogen-bond donors (Lipinski definition) is 1. The van der Waals surface area contributed by atoms with Gasteiger partial charge in [0.15, 0.2) is 0 Å². The molecule has 1 aromatic rings. The smallest absolute Gasteiger partial charge is 0.224 e. The summed E-state index contributed by atoms with van der Waals surface area (Å²) in [7, 11) is 1.65. The van der Waals surface area contributed by atoms with Crippen molar-refractivity contribution in [3.63, 3.8) is 0 Å². The van der Waals surface area contributed by atoms with Crippen molar-refractivity contribution in [3.8, 4) is 5.75 Å². The van der Waals surface area contributed by atoms with Gasteiger partial charge in [0.05, 0.1) is 13.5 Å². The van der Waals surface area contributed by atoms with Crippen LogP contribution in [0.4, 0.5) is 0 Å². The third-order valence-corrected chi connectivity index (χ3v) is 5.33. The summed E-state index contributed by atoms with van der Waals surface area (Å²) in [6.45, 7) is 3.31. The van der Waals surface area contributed by atoms with E-state index in [-0.39, 0.29) is 5.91 Å². The Kier molecular flexibility index (Phi) is 5.55. The molecule has 0 bridgehead atoms. The molecule has 0 aliphatic carbocycles. The van der Waals surface area contributed by atoms with Crippen molar-refractivity contribution in [1.82, 2.24) is 10.2 Å². The van der Waals surface area contributed by atoms with E-state index in [9.17, 15) is 4.79 Å². The van der Waals surface area contributed by atoms with Gasteiger partial charge in [0.2, 0.25) is 5.91 Å². The highest BCUT2D eigenvalue weighted by atomic mass is 16.5. The molecule has 0 saturated carbocycles. The normalized spacial score (nSPS) is 24.7. The van der Waals surface area contributed by atoms with Gasteiger partial charge in [-0.1, -0.05) is 24.6 Å². The fourth-order valence-corrected chi connectivity index (χ4v) is 4.14. The van der Waals surface area contributed by atoms with Crippen LogP contribution in [-0.4, -0.2) is 43.6 Å². The number of carbonyl (C=O) groups is 1. The molecule has 3 rings (SSSR count). The molecule has 1 N–H and O–H groups in total. The minimum absolute atomic E-state index is 0.0995. The molecule has 1 amide bonds. The summed E-state index contributed by atoms with van der Waals surface area (Å²) >= 11 is 0. The summed E-state index contributed by atoms with van der Waals surface area (Å²) in [5.74, 6) is 1.51. The van der Waals surface area contributed by atoms with Gasteiger partial charge in [-0.3, -0.25) is 4.79 Å². The Bertz CT molecular complexity index is 530. The fourth-order valence-electron chi connectivity index (χ4n) is 4.14. The van der Waals surface area contributed by atoms with Gasteiger partial charge in [-0.25, -0.2) is 0 Å². The third-order valence-electron chi connectivity index (χ3n) is 5.33. The molecule has 2 heterocycles. The predicted octanol–water partition coefficient (Wildman–Crippen LogP) is 2.62. The number of benzene rings is 1. The molecule has 0 aromatic heterocycles. The summed E-state index contributed by atoms with van der Waals surface area (Å²) in [4.78, 5) is 14.9. The lowest BCUT2D eigenvalue weighted by Crippen LogP contribution is -2.51. The minimum Gasteiger partial charge on any atom is -0.496 e. The molecular weight excluding hydrogens is 288 g/mol. The van der Waals surface area contributed by atoms with E-state index in [4.69, 9.17) is 4.74 Å². The minimum atomic E-state index is 0.0995. The number of nitrogens with one attached hydrogen (secondary N) is 1. The molecule has 0 radical (unpaired) electrons. The fraction of sp³-hybridized carbons (Fsp3) is 0.632. The second-order valence-electron chi connectivity index (χ2n) is 6.79. The standard InChI is InChI=1S/C19H28N2O2/c1-23-18-10-3-2-7-15(18)13-19(22)20-14-16-8-6-12-21-11-5-4-9-17(16)21/h2-3,7,10,16-17H,4-6,8-9,11-14H2,1H3,(H,20,22)/t16-,17+/m1/s1. The van der Waals surface area contributed by atoms with Crippen molar-refractivity contribution in [2.75, 3.05) is 26.7 Å². The summed E-state index contributed by atoms with van der Waals surface area (Å²) in [6.07, 6.45) is 6.88. The largest absolute Gasteiger partial charge is 0.496 e. The van der Waals surface area contributed by atoms with E-state index in [1.807, 2.05) is 24.3 Å². The van der Waals surface area contributed by atoms with E-state index in [1.165, 1.54) is 45.2 Å². The maximum atomic E-state index is 12.3. The summed E-state index contributed by atoms with van der Waals surface area (Å²) in [5.41, 5.74) is 0.954. The molecule has 126 valence electrons. The van der Waals surface area contributed by atoms with Gasteiger partial charge in [0.1, 0.15) is 5.75 Å². The third kappa shape index (κ3) is 4.05. The zero-order valence-electron chi connectivity index (χ0n) is 14.1. The van der Waals surface area contributed by atoms with Crippen molar-refractivity contribution in [2.24, 2.45) is 5.92 Å². The monoisotopic (exact) mass is 316 g/mol. The van der Waals surface area contributed by atoms with Gasteiger partial charge in [0, 0.05) is 18.2 Å². The molecule has 2 atom stereocenters. The number of piperidine rings is 2. The quantitative estimate of drug-likeness (QED) is 0.908. The number of carbonyl (C=O) groups excluding carboxylic acids is 1. The van der Waals surface area contributed by atoms with Crippen LogP contribution in [0.3, 0.4) is 0 Å². The van der Waals surface area contributed by atoms with Crippen molar-refractivity contribution in [2.45, 2.75) is 44.6 Å². The highest BCUT2D eigenvalue weighted by Gasteiger charge is 2.32. The number of amides is 1. The molecule has 23 heavy (non-hydrogen) atoms. The second kappa shape index (κ2) is 7.82. The molecule has 2 fully saturated rings. The Morgan fingerprint density at radius 3 is 2.91 bits per heavy atom. The van der Waals surface area contributed by atoms with Crippen molar-refractivity contribution in [1.29, 1.82) is 0 Å². The first-order valence-electron chi connectivity index (χ1n) is 8.90. The number of nitrogens with zero attached hydrogens (tertiary/aromatic N) is 1. The SMILES string of the molecule is COc1ccccc1CC(=O)NC[C@H]1CCCN2CCCC[C@@H]12. The topological polar surface area (TPSA) is 41.6 Å². The molecule has 4 nitrogen and oxygen atoms in total. The van der Waals surface area contributed by atoms with Crippen LogP contribution < -0.4 is 10.1 Å². The lowest BCUT2D eigenvalue weighted by Gasteiger charge is -2.44. The van der Waals surface area contributed by atoms with Gasteiger partial charge in [-0.2, -0.15) is 0 Å². The van der Waals surface area contributed by atoms with Crippen LogP contribution in [0.5, 0.6) is 5.75 Å². The number of methoxy groups -OCH3 is 1. The molecule has 1 aromatic carbocycles. The van der Waals surface area contributed by atoms with Crippen LogP contribution in [0, 0.1) is 5.92 Å². The summed E-state index contributed by atoms with van der Waals surface area (Å²) in [6, 6.07) is 8.43. The van der Waals surface area contributed by atoms with Crippen LogP contribution in [0.1, 0.15) is 37.7 Å². The zero-order valence-corrected chi connectivity index (χ0v) is 14.1. The number of para-hydroxylation sites is 1. The van der Waals surface area contributed by atoms with Crippen molar-refractivity contribution >= 4 is 5.91 Å². The molecule has 2 saturated heterocycles. The predicted molar refractivity (Wildman–Crippen MR) is 91.6 cm³/mol. The first-order valence-corrected chi connectivity index (χ1v) is 8.90. The van der Waals surface area contributed by atoms with E-state index in [2.05, 4.69) is 10.2 Å². The molecule has 0 unspecified atom stereocenters. The Balaban J connectivity index is 1.52. The number of fused-ring (bicyclic) bond motifs is 1. The lowest BCUT2D eigenvalue weighted by molar-refractivity contribution is -0.120. The Labute approximate surface area is 139 Å². The van der Waals surface area contributed by atoms with Gasteiger partial charge >= 0.3 is 0 Å². The van der Waals surface area contributed by atoms with Crippen LogP contribution in [0.2, 0.25) is 0 Å². The van der Waals surface area contributed by atoms with E-state index in [0.29, 0.717) is 18.4 Å². The van der Waals surface area contributed by atoms with Crippen molar-refractivity contribution in [3.05, 3.63) is 29.8 Å².